The predicted molar refractivity (Wildman–Crippen MR) is 88.5 cm³/mol. The van der Waals surface area contributed by atoms with Crippen molar-refractivity contribution in [2.45, 2.75) is 38.1 Å². The normalized spacial score (nSPS) is 19.1. The lowest BCUT2D eigenvalue weighted by molar-refractivity contribution is -0.126. The van der Waals surface area contributed by atoms with Gasteiger partial charge in [0.15, 0.2) is 0 Å². The topological polar surface area (TPSA) is 41.1 Å². The average Bonchev–Trinajstić information content (AvgIpc) is 2.40. The maximum Gasteiger partial charge on any atom is 0.230 e. The first-order valence-corrected chi connectivity index (χ1v) is 7.57. The summed E-state index contributed by atoms with van der Waals surface area (Å²) in [6, 6.07) is 8.22. The van der Waals surface area contributed by atoms with Crippen molar-refractivity contribution in [2.24, 2.45) is 0 Å². The van der Waals surface area contributed by atoms with E-state index in [0.29, 0.717) is 0 Å². The molecule has 1 atom stereocenters. The van der Waals surface area contributed by atoms with Crippen LogP contribution in [0.1, 0.15) is 32.3 Å². The second-order valence-electron chi connectivity index (χ2n) is 5.65. The van der Waals surface area contributed by atoms with Crippen LogP contribution in [-0.4, -0.2) is 25.0 Å². The number of hydrogen-bond acceptors (Lipinski definition) is 2. The third kappa shape index (κ3) is 4.21. The van der Waals surface area contributed by atoms with Crippen LogP contribution in [0.15, 0.2) is 28.7 Å². The van der Waals surface area contributed by atoms with Crippen LogP contribution in [0.25, 0.3) is 0 Å². The lowest BCUT2D eigenvalue weighted by Gasteiger charge is -2.30. The quantitative estimate of drug-likeness (QED) is 0.869. The van der Waals surface area contributed by atoms with Gasteiger partial charge in [-0.1, -0.05) is 28.1 Å². The molecule has 5 heteroatoms. The zero-order valence-electron chi connectivity index (χ0n) is 11.9. The van der Waals surface area contributed by atoms with E-state index in [9.17, 15) is 4.79 Å². The van der Waals surface area contributed by atoms with E-state index < -0.39 is 5.41 Å². The van der Waals surface area contributed by atoms with Crippen LogP contribution in [0.5, 0.6) is 0 Å². The predicted octanol–water partition coefficient (Wildman–Crippen LogP) is 3.02. The molecule has 0 bridgehead atoms. The molecule has 1 amide bonds. The van der Waals surface area contributed by atoms with Gasteiger partial charge in [0.1, 0.15) is 0 Å². The summed E-state index contributed by atoms with van der Waals surface area (Å²) in [5.74, 6) is 0.0966. The summed E-state index contributed by atoms with van der Waals surface area (Å²) in [5, 5.41) is 6.48. The highest BCUT2D eigenvalue weighted by molar-refractivity contribution is 9.10. The number of amides is 1. The van der Waals surface area contributed by atoms with Crippen molar-refractivity contribution in [1.29, 1.82) is 0 Å². The van der Waals surface area contributed by atoms with Crippen LogP contribution < -0.4 is 10.6 Å². The second-order valence-corrected chi connectivity index (χ2v) is 6.57. The van der Waals surface area contributed by atoms with Gasteiger partial charge in [-0.15, -0.1) is 12.4 Å². The average molecular weight is 362 g/mol. The smallest absolute Gasteiger partial charge is 0.230 e. The molecule has 1 heterocycles. The van der Waals surface area contributed by atoms with Gasteiger partial charge in [0.2, 0.25) is 5.91 Å². The van der Waals surface area contributed by atoms with E-state index in [-0.39, 0.29) is 24.4 Å². The van der Waals surface area contributed by atoms with Crippen molar-refractivity contribution in [3.63, 3.8) is 0 Å². The van der Waals surface area contributed by atoms with Crippen LogP contribution in [-0.2, 0) is 10.2 Å². The van der Waals surface area contributed by atoms with E-state index in [1.807, 2.05) is 38.1 Å². The van der Waals surface area contributed by atoms with Crippen molar-refractivity contribution >= 4 is 34.2 Å². The standard InChI is InChI=1S/C15H21BrN2O.ClH/c1-15(2,11-5-3-6-12(16)9-11)14(19)18-13-7-4-8-17-10-13;/h3,5-6,9,13,17H,4,7-8,10H2,1-2H3,(H,18,19);1H. The summed E-state index contributed by atoms with van der Waals surface area (Å²) in [6.45, 7) is 5.88. The monoisotopic (exact) mass is 360 g/mol. The Morgan fingerprint density at radius 3 is 2.80 bits per heavy atom. The van der Waals surface area contributed by atoms with Crippen molar-refractivity contribution in [1.82, 2.24) is 10.6 Å². The fraction of sp³-hybridized carbons (Fsp3) is 0.533. The highest BCUT2D eigenvalue weighted by atomic mass is 79.9. The molecule has 1 aliphatic rings. The maximum atomic E-state index is 12.5. The van der Waals surface area contributed by atoms with Gasteiger partial charge in [-0.2, -0.15) is 0 Å². The van der Waals surface area contributed by atoms with Gasteiger partial charge >= 0.3 is 0 Å². The Labute approximate surface area is 135 Å². The third-order valence-electron chi connectivity index (χ3n) is 3.75. The number of nitrogens with one attached hydrogen (secondary N) is 2. The van der Waals surface area contributed by atoms with E-state index in [2.05, 4.69) is 26.6 Å². The molecule has 1 fully saturated rings. The number of carbonyl (C=O) groups excluding carboxylic acids is 1. The first kappa shape index (κ1) is 17.5. The van der Waals surface area contributed by atoms with E-state index in [1.54, 1.807) is 0 Å². The molecule has 3 nitrogen and oxygen atoms in total. The SMILES string of the molecule is CC(C)(C(=O)NC1CCCNC1)c1cccc(Br)c1.Cl. The summed E-state index contributed by atoms with van der Waals surface area (Å²) in [7, 11) is 0. The highest BCUT2D eigenvalue weighted by Crippen LogP contribution is 2.26. The minimum Gasteiger partial charge on any atom is -0.351 e. The maximum absolute atomic E-state index is 12.5. The Bertz CT molecular complexity index is 459. The summed E-state index contributed by atoms with van der Waals surface area (Å²) in [6.07, 6.45) is 2.19. The Balaban J connectivity index is 0.00000200. The lowest BCUT2D eigenvalue weighted by Crippen LogP contribution is -2.50. The molecular weight excluding hydrogens is 340 g/mol. The summed E-state index contributed by atoms with van der Waals surface area (Å²) < 4.78 is 1.00. The minimum absolute atomic E-state index is 0. The molecular formula is C15H22BrClN2O. The summed E-state index contributed by atoms with van der Waals surface area (Å²) >= 11 is 3.46. The molecule has 0 spiro atoms. The number of hydrogen-bond donors (Lipinski definition) is 2. The van der Waals surface area contributed by atoms with Gasteiger partial charge in [0.05, 0.1) is 5.41 Å². The second kappa shape index (κ2) is 7.43. The van der Waals surface area contributed by atoms with Gasteiger partial charge in [-0.25, -0.2) is 0 Å². The van der Waals surface area contributed by atoms with E-state index in [0.717, 1.165) is 36.0 Å². The Morgan fingerprint density at radius 1 is 1.45 bits per heavy atom. The number of piperidine rings is 1. The zero-order valence-corrected chi connectivity index (χ0v) is 14.3. The fourth-order valence-corrected chi connectivity index (χ4v) is 2.75. The molecule has 2 rings (SSSR count). The highest BCUT2D eigenvalue weighted by Gasteiger charge is 2.31. The molecule has 0 aromatic heterocycles. The Hall–Kier alpha value is -0.580. The first-order chi connectivity index (χ1) is 9.00. The van der Waals surface area contributed by atoms with Crippen LogP contribution >= 0.6 is 28.3 Å². The summed E-state index contributed by atoms with van der Waals surface area (Å²) in [4.78, 5) is 12.5. The Morgan fingerprint density at radius 2 is 2.20 bits per heavy atom. The lowest BCUT2D eigenvalue weighted by atomic mass is 9.83. The van der Waals surface area contributed by atoms with Crippen molar-refractivity contribution in [3.8, 4) is 0 Å². The van der Waals surface area contributed by atoms with E-state index in [1.165, 1.54) is 0 Å². The molecule has 0 radical (unpaired) electrons. The van der Waals surface area contributed by atoms with Crippen LogP contribution in [0.4, 0.5) is 0 Å². The van der Waals surface area contributed by atoms with Gasteiger partial charge in [-0.05, 0) is 50.9 Å². The Kier molecular flexibility index (Phi) is 6.49. The molecule has 1 aromatic rings. The van der Waals surface area contributed by atoms with Crippen LogP contribution in [0.3, 0.4) is 0 Å². The molecule has 1 unspecified atom stereocenters. The molecule has 1 saturated heterocycles. The molecule has 2 N–H and O–H groups in total. The largest absolute Gasteiger partial charge is 0.351 e. The number of carbonyl (C=O) groups is 1. The third-order valence-corrected chi connectivity index (χ3v) is 4.24. The van der Waals surface area contributed by atoms with E-state index >= 15 is 0 Å². The molecule has 112 valence electrons. The minimum atomic E-state index is -0.513. The summed E-state index contributed by atoms with van der Waals surface area (Å²) in [5.41, 5.74) is 0.518. The molecule has 1 aromatic carbocycles. The van der Waals surface area contributed by atoms with Crippen LogP contribution in [0.2, 0.25) is 0 Å². The number of rotatable bonds is 3. The molecule has 0 saturated carbocycles. The van der Waals surface area contributed by atoms with Crippen molar-refractivity contribution < 1.29 is 4.79 Å². The van der Waals surface area contributed by atoms with E-state index in [4.69, 9.17) is 0 Å². The number of halogens is 2. The fourth-order valence-electron chi connectivity index (χ4n) is 2.35. The van der Waals surface area contributed by atoms with Crippen LogP contribution in [0, 0.1) is 0 Å². The van der Waals surface area contributed by atoms with Crippen molar-refractivity contribution in [2.75, 3.05) is 13.1 Å². The van der Waals surface area contributed by atoms with Gasteiger partial charge in [0.25, 0.3) is 0 Å². The molecule has 0 aliphatic carbocycles. The molecule has 1 aliphatic heterocycles. The van der Waals surface area contributed by atoms with Gasteiger partial charge in [-0.3, -0.25) is 4.79 Å². The number of benzene rings is 1. The molecule has 20 heavy (non-hydrogen) atoms. The van der Waals surface area contributed by atoms with Gasteiger partial charge < -0.3 is 10.6 Å². The van der Waals surface area contributed by atoms with Crippen molar-refractivity contribution in [3.05, 3.63) is 34.3 Å². The zero-order chi connectivity index (χ0) is 13.9. The first-order valence-electron chi connectivity index (χ1n) is 6.78. The van der Waals surface area contributed by atoms with Gasteiger partial charge in [0, 0.05) is 17.1 Å².